The van der Waals surface area contributed by atoms with Crippen molar-refractivity contribution >= 4 is 50.9 Å². The minimum Gasteiger partial charge on any atom is -0.355 e. The van der Waals surface area contributed by atoms with Crippen molar-refractivity contribution in [2.45, 2.75) is 30.8 Å². The van der Waals surface area contributed by atoms with Crippen molar-refractivity contribution in [2.75, 3.05) is 13.1 Å². The molecule has 1 N–H and O–H groups in total. The highest BCUT2D eigenvalue weighted by Crippen LogP contribution is 2.31. The number of benzene rings is 3. The molecule has 3 amide bonds. The molecule has 0 aliphatic carbocycles. The first-order valence-electron chi connectivity index (χ1n) is 11.8. The first kappa shape index (κ1) is 27.6. The normalized spacial score (nSPS) is 14.6. The number of likely N-dealkylation sites (N-methyl/N-ethyl adjacent to an activating group) is 1. The summed E-state index contributed by atoms with van der Waals surface area (Å²) in [5.41, 5.74) is 1.17. The van der Waals surface area contributed by atoms with Gasteiger partial charge in [-0.25, -0.2) is 12.7 Å². The molecule has 0 saturated heterocycles. The fourth-order valence-electron chi connectivity index (χ4n) is 4.30. The van der Waals surface area contributed by atoms with Gasteiger partial charge in [0.05, 0.1) is 5.56 Å². The van der Waals surface area contributed by atoms with Crippen molar-refractivity contribution in [1.29, 1.82) is 0 Å². The molecule has 0 aromatic heterocycles. The molecule has 1 aliphatic rings. The molecule has 0 bridgehead atoms. The summed E-state index contributed by atoms with van der Waals surface area (Å²) in [6, 6.07) is 18.7. The molecule has 1 atom stereocenters. The molecule has 11 heteroatoms. The SMILES string of the molecule is CCNC(=O)[C@@H](Cc1ccccc1)N(Cc1c(Cl)cccc1Cl)C(=O)CN1C(=O)c2ccccc2S1(=O)=O. The van der Waals surface area contributed by atoms with Crippen LogP contribution in [0.5, 0.6) is 0 Å². The summed E-state index contributed by atoms with van der Waals surface area (Å²) in [5, 5.41) is 3.31. The topological polar surface area (TPSA) is 104 Å². The third-order valence-electron chi connectivity index (χ3n) is 6.20. The number of carbonyl (C=O) groups excluding carboxylic acids is 3. The van der Waals surface area contributed by atoms with Crippen LogP contribution in [0, 0.1) is 0 Å². The van der Waals surface area contributed by atoms with Crippen LogP contribution in [-0.4, -0.2) is 54.5 Å². The van der Waals surface area contributed by atoms with Gasteiger partial charge in [0.15, 0.2) is 0 Å². The van der Waals surface area contributed by atoms with Crippen LogP contribution in [0.2, 0.25) is 10.0 Å². The molecule has 0 saturated carbocycles. The van der Waals surface area contributed by atoms with E-state index < -0.39 is 40.3 Å². The molecule has 0 fully saturated rings. The summed E-state index contributed by atoms with van der Waals surface area (Å²) in [5.74, 6) is -1.99. The van der Waals surface area contributed by atoms with Gasteiger partial charge in [-0.15, -0.1) is 0 Å². The molecule has 8 nitrogen and oxygen atoms in total. The van der Waals surface area contributed by atoms with Crippen LogP contribution < -0.4 is 5.32 Å². The molecule has 3 aromatic carbocycles. The van der Waals surface area contributed by atoms with Crippen LogP contribution in [0.15, 0.2) is 77.7 Å². The van der Waals surface area contributed by atoms with E-state index in [2.05, 4.69) is 5.32 Å². The predicted molar refractivity (Wildman–Crippen MR) is 144 cm³/mol. The number of nitrogens with zero attached hydrogens (tertiary/aromatic N) is 2. The number of nitrogens with one attached hydrogen (secondary N) is 1. The Kier molecular flexibility index (Phi) is 8.40. The van der Waals surface area contributed by atoms with Crippen LogP contribution in [0.4, 0.5) is 0 Å². The maximum absolute atomic E-state index is 13.9. The summed E-state index contributed by atoms with van der Waals surface area (Å²) in [6.45, 7) is 1.10. The second kappa shape index (κ2) is 11.6. The Morgan fingerprint density at radius 1 is 0.947 bits per heavy atom. The molecular weight excluding hydrogens is 549 g/mol. The van der Waals surface area contributed by atoms with Gasteiger partial charge in [0.2, 0.25) is 11.8 Å². The molecule has 0 radical (unpaired) electrons. The molecule has 0 unspecified atom stereocenters. The summed E-state index contributed by atoms with van der Waals surface area (Å²) >= 11 is 12.8. The lowest BCUT2D eigenvalue weighted by atomic mass is 10.0. The average molecular weight is 574 g/mol. The van der Waals surface area contributed by atoms with Crippen molar-refractivity contribution in [3.05, 3.63) is 99.5 Å². The quantitative estimate of drug-likeness (QED) is 0.418. The number of fused-ring (bicyclic) bond motifs is 1. The van der Waals surface area contributed by atoms with Gasteiger partial charge in [0.25, 0.3) is 15.9 Å². The lowest BCUT2D eigenvalue weighted by Gasteiger charge is -2.33. The van der Waals surface area contributed by atoms with E-state index in [1.165, 1.54) is 23.1 Å². The van der Waals surface area contributed by atoms with Gasteiger partial charge < -0.3 is 10.2 Å². The molecule has 1 aliphatic heterocycles. The van der Waals surface area contributed by atoms with Crippen LogP contribution in [0.25, 0.3) is 0 Å². The Morgan fingerprint density at radius 2 is 1.58 bits per heavy atom. The number of halogens is 2. The lowest BCUT2D eigenvalue weighted by Crippen LogP contribution is -2.53. The van der Waals surface area contributed by atoms with Crippen molar-refractivity contribution < 1.29 is 22.8 Å². The fraction of sp³-hybridized carbons (Fsp3) is 0.222. The van der Waals surface area contributed by atoms with Crippen molar-refractivity contribution in [3.63, 3.8) is 0 Å². The van der Waals surface area contributed by atoms with Crippen molar-refractivity contribution in [1.82, 2.24) is 14.5 Å². The minimum atomic E-state index is -4.24. The number of rotatable bonds is 9. The van der Waals surface area contributed by atoms with E-state index in [9.17, 15) is 22.8 Å². The zero-order valence-electron chi connectivity index (χ0n) is 20.4. The van der Waals surface area contributed by atoms with E-state index in [1.54, 1.807) is 31.2 Å². The third kappa shape index (κ3) is 5.55. The zero-order valence-corrected chi connectivity index (χ0v) is 22.8. The number of sulfonamides is 1. The van der Waals surface area contributed by atoms with Gasteiger partial charge in [0.1, 0.15) is 17.5 Å². The van der Waals surface area contributed by atoms with Crippen LogP contribution in [0.1, 0.15) is 28.4 Å². The summed E-state index contributed by atoms with van der Waals surface area (Å²) in [6.07, 6.45) is 0.140. The minimum absolute atomic E-state index is 0.00874. The molecule has 0 spiro atoms. The largest absolute Gasteiger partial charge is 0.355 e. The maximum Gasteiger partial charge on any atom is 0.269 e. The van der Waals surface area contributed by atoms with E-state index >= 15 is 0 Å². The second-order valence-electron chi connectivity index (χ2n) is 8.63. The molecule has 38 heavy (non-hydrogen) atoms. The lowest BCUT2D eigenvalue weighted by molar-refractivity contribution is -0.141. The monoisotopic (exact) mass is 573 g/mol. The zero-order chi connectivity index (χ0) is 27.4. The van der Waals surface area contributed by atoms with Crippen molar-refractivity contribution in [3.8, 4) is 0 Å². The maximum atomic E-state index is 13.9. The van der Waals surface area contributed by atoms with Gasteiger partial charge in [-0.1, -0.05) is 71.7 Å². The van der Waals surface area contributed by atoms with Gasteiger partial charge >= 0.3 is 0 Å². The molecule has 198 valence electrons. The average Bonchev–Trinajstić information content (AvgIpc) is 3.09. The highest BCUT2D eigenvalue weighted by molar-refractivity contribution is 7.90. The molecule has 1 heterocycles. The number of hydrogen-bond acceptors (Lipinski definition) is 5. The predicted octanol–water partition coefficient (Wildman–Crippen LogP) is 3.91. The number of carbonyl (C=O) groups is 3. The van der Waals surface area contributed by atoms with E-state index in [0.717, 1.165) is 5.56 Å². The van der Waals surface area contributed by atoms with Gasteiger partial charge in [-0.3, -0.25) is 14.4 Å². The number of amides is 3. The van der Waals surface area contributed by atoms with E-state index in [0.29, 0.717) is 16.4 Å². The molecule has 3 aromatic rings. The Labute approximate surface area is 231 Å². The number of hydrogen-bond donors (Lipinski definition) is 1. The van der Waals surface area contributed by atoms with E-state index in [1.807, 2.05) is 30.3 Å². The summed E-state index contributed by atoms with van der Waals surface area (Å²) in [4.78, 5) is 41.2. The van der Waals surface area contributed by atoms with Crippen LogP contribution in [0.3, 0.4) is 0 Å². The Hall–Kier alpha value is -3.40. The van der Waals surface area contributed by atoms with E-state index in [4.69, 9.17) is 23.2 Å². The third-order valence-corrected chi connectivity index (χ3v) is 8.70. The second-order valence-corrected chi connectivity index (χ2v) is 11.3. The van der Waals surface area contributed by atoms with Crippen LogP contribution in [-0.2, 0) is 32.6 Å². The van der Waals surface area contributed by atoms with E-state index in [-0.39, 0.29) is 33.5 Å². The Bertz CT molecular complexity index is 1460. The fourth-order valence-corrected chi connectivity index (χ4v) is 6.34. The highest BCUT2D eigenvalue weighted by atomic mass is 35.5. The first-order chi connectivity index (χ1) is 18.1. The molecular formula is C27H25Cl2N3O5S. The van der Waals surface area contributed by atoms with Gasteiger partial charge in [0, 0.05) is 35.1 Å². The highest BCUT2D eigenvalue weighted by Gasteiger charge is 2.43. The molecule has 4 rings (SSSR count). The van der Waals surface area contributed by atoms with Crippen molar-refractivity contribution in [2.24, 2.45) is 0 Å². The Morgan fingerprint density at radius 3 is 2.21 bits per heavy atom. The van der Waals surface area contributed by atoms with Crippen LogP contribution >= 0.6 is 23.2 Å². The van der Waals surface area contributed by atoms with Gasteiger partial charge in [-0.2, -0.15) is 0 Å². The standard InChI is InChI=1S/C27H25Cl2N3O5S/c1-2-30-26(34)23(15-18-9-4-3-5-10-18)31(16-20-21(28)12-8-13-22(20)29)25(33)17-32-27(35)19-11-6-7-14-24(19)38(32,36)37/h3-14,23H,2,15-17H2,1H3,(H,30,34)/t23-/m1/s1. The smallest absolute Gasteiger partial charge is 0.269 e. The summed E-state index contributed by atoms with van der Waals surface area (Å²) in [7, 11) is -4.24. The summed E-state index contributed by atoms with van der Waals surface area (Å²) < 4.78 is 26.8. The van der Waals surface area contributed by atoms with Gasteiger partial charge in [-0.05, 0) is 36.8 Å². The first-order valence-corrected chi connectivity index (χ1v) is 14.0. The Balaban J connectivity index is 1.74.